The molecule has 0 bridgehead atoms. The Hall–Kier alpha value is -0.650. The normalized spacial score (nSPS) is 20.8. The Bertz CT molecular complexity index is 322. The van der Waals surface area contributed by atoms with Crippen molar-refractivity contribution < 1.29 is 19.1 Å². The van der Waals surface area contributed by atoms with Gasteiger partial charge in [0.05, 0.1) is 12.7 Å². The van der Waals surface area contributed by atoms with Crippen LogP contribution in [0, 0.1) is 5.41 Å². The molecular formula is C15H29NO4. The number of rotatable bonds is 6. The molecule has 0 aromatic carbocycles. The Labute approximate surface area is 122 Å². The Kier molecular flexibility index (Phi) is 5.98. The molecule has 5 heteroatoms. The average molecular weight is 287 g/mol. The molecule has 1 unspecified atom stereocenters. The number of carbonyl (C=O) groups excluding carboxylic acids is 1. The van der Waals surface area contributed by atoms with E-state index in [1.807, 2.05) is 27.7 Å². The van der Waals surface area contributed by atoms with Crippen LogP contribution >= 0.6 is 0 Å². The third-order valence-corrected chi connectivity index (χ3v) is 3.59. The standard InChI is InChI=1S/C15H29NO4/c1-14(2,13(17)16(5)18-6)11-15(3,4)20-12-9-7-8-10-19-12/h12H,7-11H2,1-6H3. The lowest BCUT2D eigenvalue weighted by atomic mass is 9.80. The fourth-order valence-electron chi connectivity index (χ4n) is 2.85. The summed E-state index contributed by atoms with van der Waals surface area (Å²) in [5, 5.41) is 1.27. The van der Waals surface area contributed by atoms with Crippen molar-refractivity contribution in [2.45, 2.75) is 65.3 Å². The van der Waals surface area contributed by atoms with Crippen LogP contribution in [-0.2, 0) is 19.1 Å². The lowest BCUT2D eigenvalue weighted by molar-refractivity contribution is -0.225. The molecule has 118 valence electrons. The minimum Gasteiger partial charge on any atom is -0.353 e. The highest BCUT2D eigenvalue weighted by Gasteiger charge is 2.38. The molecule has 0 saturated carbocycles. The molecule has 1 rings (SSSR count). The molecule has 1 fully saturated rings. The highest BCUT2D eigenvalue weighted by molar-refractivity contribution is 5.80. The maximum absolute atomic E-state index is 12.3. The van der Waals surface area contributed by atoms with Crippen LogP contribution in [-0.4, -0.2) is 43.6 Å². The van der Waals surface area contributed by atoms with Crippen LogP contribution in [0.15, 0.2) is 0 Å². The van der Waals surface area contributed by atoms with Crippen LogP contribution in [0.25, 0.3) is 0 Å². The van der Waals surface area contributed by atoms with Gasteiger partial charge >= 0.3 is 0 Å². The van der Waals surface area contributed by atoms with Crippen LogP contribution in [0.4, 0.5) is 0 Å². The van der Waals surface area contributed by atoms with E-state index in [4.69, 9.17) is 14.3 Å². The predicted molar refractivity (Wildman–Crippen MR) is 76.9 cm³/mol. The Morgan fingerprint density at radius 3 is 2.45 bits per heavy atom. The van der Waals surface area contributed by atoms with Crippen molar-refractivity contribution in [3.63, 3.8) is 0 Å². The number of carbonyl (C=O) groups is 1. The molecule has 1 aliphatic heterocycles. The van der Waals surface area contributed by atoms with Crippen molar-refractivity contribution in [1.82, 2.24) is 5.06 Å². The van der Waals surface area contributed by atoms with Crippen molar-refractivity contribution >= 4 is 5.91 Å². The molecule has 0 N–H and O–H groups in total. The topological polar surface area (TPSA) is 48.0 Å². The van der Waals surface area contributed by atoms with E-state index in [-0.39, 0.29) is 12.2 Å². The maximum Gasteiger partial charge on any atom is 0.251 e. The fraction of sp³-hybridized carbons (Fsp3) is 0.933. The van der Waals surface area contributed by atoms with Gasteiger partial charge in [0.2, 0.25) is 0 Å². The number of hydrogen-bond donors (Lipinski definition) is 0. The third kappa shape index (κ3) is 5.04. The Morgan fingerprint density at radius 1 is 1.30 bits per heavy atom. The summed E-state index contributed by atoms with van der Waals surface area (Å²) in [7, 11) is 3.12. The summed E-state index contributed by atoms with van der Waals surface area (Å²) in [6, 6.07) is 0. The molecule has 0 spiro atoms. The minimum absolute atomic E-state index is 0.0544. The highest BCUT2D eigenvalue weighted by Crippen LogP contribution is 2.33. The lowest BCUT2D eigenvalue weighted by Crippen LogP contribution is -2.44. The van der Waals surface area contributed by atoms with Gasteiger partial charge in [0.1, 0.15) is 0 Å². The van der Waals surface area contributed by atoms with E-state index >= 15 is 0 Å². The molecule has 0 aliphatic carbocycles. The van der Waals surface area contributed by atoms with Gasteiger partial charge in [-0.15, -0.1) is 0 Å². The summed E-state index contributed by atoms with van der Waals surface area (Å²) in [6.45, 7) is 8.60. The highest BCUT2D eigenvalue weighted by atomic mass is 16.7. The van der Waals surface area contributed by atoms with Gasteiger partial charge < -0.3 is 9.47 Å². The second-order valence-electron chi connectivity index (χ2n) is 6.72. The molecule has 1 aliphatic rings. The monoisotopic (exact) mass is 287 g/mol. The zero-order chi connectivity index (χ0) is 15.4. The predicted octanol–water partition coefficient (Wildman–Crippen LogP) is 2.74. The van der Waals surface area contributed by atoms with E-state index < -0.39 is 11.0 Å². The molecule has 0 aromatic rings. The summed E-state index contributed by atoms with van der Waals surface area (Å²) < 4.78 is 11.7. The van der Waals surface area contributed by atoms with E-state index in [0.717, 1.165) is 25.9 Å². The van der Waals surface area contributed by atoms with Crippen molar-refractivity contribution in [3.8, 4) is 0 Å². The van der Waals surface area contributed by atoms with E-state index in [1.54, 1.807) is 7.05 Å². The van der Waals surface area contributed by atoms with Gasteiger partial charge in [0, 0.05) is 19.1 Å². The van der Waals surface area contributed by atoms with E-state index in [0.29, 0.717) is 6.42 Å². The molecule has 0 radical (unpaired) electrons. The van der Waals surface area contributed by atoms with Gasteiger partial charge in [-0.3, -0.25) is 9.63 Å². The Morgan fingerprint density at radius 2 is 1.95 bits per heavy atom. The zero-order valence-electron chi connectivity index (χ0n) is 13.7. The van der Waals surface area contributed by atoms with Gasteiger partial charge in [-0.1, -0.05) is 13.8 Å². The van der Waals surface area contributed by atoms with Gasteiger partial charge in [-0.2, -0.15) is 0 Å². The van der Waals surface area contributed by atoms with Crippen LogP contribution in [0.5, 0.6) is 0 Å². The van der Waals surface area contributed by atoms with Gasteiger partial charge in [-0.05, 0) is 39.5 Å². The van der Waals surface area contributed by atoms with Crippen molar-refractivity contribution in [2.24, 2.45) is 5.41 Å². The van der Waals surface area contributed by atoms with Crippen molar-refractivity contribution in [2.75, 3.05) is 20.8 Å². The summed E-state index contributed by atoms with van der Waals surface area (Å²) in [4.78, 5) is 17.3. The summed E-state index contributed by atoms with van der Waals surface area (Å²) >= 11 is 0. The van der Waals surface area contributed by atoms with Crippen molar-refractivity contribution in [1.29, 1.82) is 0 Å². The summed E-state index contributed by atoms with van der Waals surface area (Å²) in [5.41, 5.74) is -0.974. The zero-order valence-corrected chi connectivity index (χ0v) is 13.7. The number of hydrogen-bond acceptors (Lipinski definition) is 4. The number of amides is 1. The number of nitrogens with zero attached hydrogens (tertiary/aromatic N) is 1. The summed E-state index contributed by atoms with van der Waals surface area (Å²) in [5.74, 6) is -0.0544. The van der Waals surface area contributed by atoms with E-state index in [2.05, 4.69) is 0 Å². The molecule has 1 atom stereocenters. The first kappa shape index (κ1) is 17.4. The van der Waals surface area contributed by atoms with E-state index in [9.17, 15) is 4.79 Å². The van der Waals surface area contributed by atoms with Gasteiger partial charge in [0.25, 0.3) is 5.91 Å². The SMILES string of the molecule is CON(C)C(=O)C(C)(C)CC(C)(C)OC1CCCCO1. The molecule has 1 saturated heterocycles. The second kappa shape index (κ2) is 6.87. The van der Waals surface area contributed by atoms with E-state index in [1.165, 1.54) is 12.2 Å². The first-order valence-corrected chi connectivity index (χ1v) is 7.30. The molecular weight excluding hydrogens is 258 g/mol. The molecule has 0 aromatic heterocycles. The number of ether oxygens (including phenoxy) is 2. The first-order valence-electron chi connectivity index (χ1n) is 7.30. The molecule has 1 heterocycles. The lowest BCUT2D eigenvalue weighted by Gasteiger charge is -2.38. The van der Waals surface area contributed by atoms with Crippen LogP contribution < -0.4 is 0 Å². The van der Waals surface area contributed by atoms with Crippen molar-refractivity contribution in [3.05, 3.63) is 0 Å². The van der Waals surface area contributed by atoms with Crippen LogP contribution in [0.2, 0.25) is 0 Å². The smallest absolute Gasteiger partial charge is 0.251 e. The van der Waals surface area contributed by atoms with Gasteiger partial charge in [-0.25, -0.2) is 5.06 Å². The third-order valence-electron chi connectivity index (χ3n) is 3.59. The fourth-order valence-corrected chi connectivity index (χ4v) is 2.85. The Balaban J connectivity index is 2.60. The van der Waals surface area contributed by atoms with Crippen LogP contribution in [0.3, 0.4) is 0 Å². The maximum atomic E-state index is 12.3. The van der Waals surface area contributed by atoms with Crippen LogP contribution in [0.1, 0.15) is 53.4 Å². The quantitative estimate of drug-likeness (QED) is 0.705. The molecule has 1 amide bonds. The first-order chi connectivity index (χ1) is 9.18. The second-order valence-corrected chi connectivity index (χ2v) is 6.72. The molecule has 20 heavy (non-hydrogen) atoms. The van der Waals surface area contributed by atoms with Gasteiger partial charge in [0.15, 0.2) is 6.29 Å². The minimum atomic E-state index is -0.553. The molecule has 5 nitrogen and oxygen atoms in total. The summed E-state index contributed by atoms with van der Waals surface area (Å²) in [6.07, 6.45) is 3.62. The number of hydroxylamine groups is 2. The average Bonchev–Trinajstić information content (AvgIpc) is 2.36. The largest absolute Gasteiger partial charge is 0.353 e.